The molecule has 4 aromatic carbocycles. The second-order valence-electron chi connectivity index (χ2n) is 8.01. The summed E-state index contributed by atoms with van der Waals surface area (Å²) in [5.74, 6) is 0.199. The van der Waals surface area contributed by atoms with E-state index in [0.717, 1.165) is 27.6 Å². The number of methoxy groups -OCH3 is 1. The highest BCUT2D eigenvalue weighted by Gasteiger charge is 2.17. The third-order valence-electron chi connectivity index (χ3n) is 5.46. The number of fused-ring (bicyclic) bond motifs is 1. The topological polar surface area (TPSA) is 76.7 Å². The van der Waals surface area contributed by atoms with Gasteiger partial charge in [-0.2, -0.15) is 0 Å². The first-order chi connectivity index (χ1) is 16.4. The van der Waals surface area contributed by atoms with Crippen LogP contribution in [0.5, 0.6) is 11.5 Å². The number of hydrogen-bond donors (Lipinski definition) is 2. The predicted molar refractivity (Wildman–Crippen MR) is 135 cm³/mol. The summed E-state index contributed by atoms with van der Waals surface area (Å²) in [5.41, 5.74) is 3.68. The maximum absolute atomic E-state index is 13.2. The first-order valence-corrected chi connectivity index (χ1v) is 10.9. The van der Waals surface area contributed by atoms with Gasteiger partial charge in [0.1, 0.15) is 11.5 Å². The number of hydrogen-bond acceptors (Lipinski definition) is 4. The standard InChI is InChI=1S/C28H26N2O4/c1-18-12-13-23(19(2)14-18)29-27(31)17-34-26-16-21-9-5-4-8-20(21)15-22(26)28(32)30-24-10-6-7-11-25(24)33-3/h4-16H,17H2,1-3H3,(H,29,31)(H,30,32). The van der Waals surface area contributed by atoms with Gasteiger partial charge in [0.05, 0.1) is 18.4 Å². The molecule has 0 atom stereocenters. The van der Waals surface area contributed by atoms with Gasteiger partial charge in [0.2, 0.25) is 0 Å². The minimum atomic E-state index is -0.361. The number of ether oxygens (including phenoxy) is 2. The van der Waals surface area contributed by atoms with E-state index < -0.39 is 0 Å². The average Bonchev–Trinajstić information content (AvgIpc) is 2.84. The molecular formula is C28H26N2O4. The van der Waals surface area contributed by atoms with E-state index in [1.54, 1.807) is 31.4 Å². The van der Waals surface area contributed by atoms with Crippen molar-refractivity contribution in [2.45, 2.75) is 13.8 Å². The molecule has 0 unspecified atom stereocenters. The molecular weight excluding hydrogens is 428 g/mol. The van der Waals surface area contributed by atoms with Crippen LogP contribution in [0, 0.1) is 13.8 Å². The molecule has 0 heterocycles. The maximum Gasteiger partial charge on any atom is 0.262 e. The number of nitrogens with one attached hydrogen (secondary N) is 2. The molecule has 0 aliphatic carbocycles. The lowest BCUT2D eigenvalue weighted by Gasteiger charge is -2.15. The highest BCUT2D eigenvalue weighted by molar-refractivity contribution is 6.09. The molecule has 6 heteroatoms. The summed E-state index contributed by atoms with van der Waals surface area (Å²) in [7, 11) is 1.55. The molecule has 34 heavy (non-hydrogen) atoms. The fraction of sp³-hybridized carbons (Fsp3) is 0.143. The number of benzene rings is 4. The molecule has 6 nitrogen and oxygen atoms in total. The molecule has 0 aliphatic rings. The second kappa shape index (κ2) is 10.1. The van der Waals surface area contributed by atoms with Crippen LogP contribution in [0.25, 0.3) is 10.8 Å². The lowest BCUT2D eigenvalue weighted by atomic mass is 10.1. The molecule has 0 fully saturated rings. The molecule has 4 rings (SSSR count). The van der Waals surface area contributed by atoms with E-state index >= 15 is 0 Å². The van der Waals surface area contributed by atoms with Crippen molar-refractivity contribution in [2.24, 2.45) is 0 Å². The Labute approximate surface area is 198 Å². The van der Waals surface area contributed by atoms with E-state index in [1.807, 2.05) is 68.4 Å². The summed E-state index contributed by atoms with van der Waals surface area (Å²) in [6.07, 6.45) is 0. The molecule has 2 N–H and O–H groups in total. The van der Waals surface area contributed by atoms with Crippen molar-refractivity contribution < 1.29 is 19.1 Å². The van der Waals surface area contributed by atoms with Crippen LogP contribution < -0.4 is 20.1 Å². The maximum atomic E-state index is 13.2. The lowest BCUT2D eigenvalue weighted by Crippen LogP contribution is -2.22. The van der Waals surface area contributed by atoms with Gasteiger partial charge in [0.25, 0.3) is 11.8 Å². The highest BCUT2D eigenvalue weighted by Crippen LogP contribution is 2.29. The number of carbonyl (C=O) groups is 2. The number of aryl methyl sites for hydroxylation is 2. The van der Waals surface area contributed by atoms with Crippen LogP contribution in [-0.2, 0) is 4.79 Å². The SMILES string of the molecule is COc1ccccc1NC(=O)c1cc2ccccc2cc1OCC(=O)Nc1ccc(C)cc1C. The van der Waals surface area contributed by atoms with E-state index in [2.05, 4.69) is 10.6 Å². The fourth-order valence-corrected chi connectivity index (χ4v) is 3.74. The highest BCUT2D eigenvalue weighted by atomic mass is 16.5. The molecule has 0 saturated heterocycles. The van der Waals surface area contributed by atoms with Crippen LogP contribution in [0.2, 0.25) is 0 Å². The van der Waals surface area contributed by atoms with Crippen LogP contribution in [-0.4, -0.2) is 25.5 Å². The Hall–Kier alpha value is -4.32. The van der Waals surface area contributed by atoms with E-state index in [1.165, 1.54) is 0 Å². The summed E-state index contributed by atoms with van der Waals surface area (Å²) in [6, 6.07) is 24.2. The number of carbonyl (C=O) groups excluding carboxylic acids is 2. The number of anilines is 2. The summed E-state index contributed by atoms with van der Waals surface area (Å²) in [6.45, 7) is 3.70. The molecule has 0 aliphatic heterocycles. The third kappa shape index (κ3) is 5.18. The first-order valence-electron chi connectivity index (χ1n) is 10.9. The lowest BCUT2D eigenvalue weighted by molar-refractivity contribution is -0.118. The molecule has 0 saturated carbocycles. The summed E-state index contributed by atoms with van der Waals surface area (Å²) in [4.78, 5) is 25.8. The van der Waals surface area contributed by atoms with Crippen molar-refractivity contribution in [3.8, 4) is 11.5 Å². The third-order valence-corrected chi connectivity index (χ3v) is 5.46. The summed E-state index contributed by atoms with van der Waals surface area (Å²) < 4.78 is 11.2. The molecule has 0 spiro atoms. The summed E-state index contributed by atoms with van der Waals surface area (Å²) in [5, 5.41) is 7.54. The zero-order chi connectivity index (χ0) is 24.1. The fourth-order valence-electron chi connectivity index (χ4n) is 3.74. The van der Waals surface area contributed by atoms with Crippen LogP contribution in [0.4, 0.5) is 11.4 Å². The Bertz CT molecular complexity index is 1360. The number of amides is 2. The average molecular weight is 455 g/mol. The minimum absolute atomic E-state index is 0.236. The normalized spacial score (nSPS) is 10.6. The van der Waals surface area contributed by atoms with Gasteiger partial charge in [0, 0.05) is 5.69 Å². The smallest absolute Gasteiger partial charge is 0.262 e. The Morgan fingerprint density at radius 3 is 2.21 bits per heavy atom. The van der Waals surface area contributed by atoms with Gasteiger partial charge in [-0.25, -0.2) is 0 Å². The minimum Gasteiger partial charge on any atom is -0.495 e. The van der Waals surface area contributed by atoms with Crippen molar-refractivity contribution in [1.29, 1.82) is 0 Å². The Morgan fingerprint density at radius 1 is 0.765 bits per heavy atom. The molecule has 4 aromatic rings. The first kappa shape index (κ1) is 22.9. The van der Waals surface area contributed by atoms with Gasteiger partial charge < -0.3 is 20.1 Å². The second-order valence-corrected chi connectivity index (χ2v) is 8.01. The van der Waals surface area contributed by atoms with Gasteiger partial charge in [-0.3, -0.25) is 9.59 Å². The van der Waals surface area contributed by atoms with Crippen LogP contribution in [0.1, 0.15) is 21.5 Å². The quantitative estimate of drug-likeness (QED) is 0.374. The monoisotopic (exact) mass is 454 g/mol. The molecule has 2 amide bonds. The number of rotatable bonds is 7. The van der Waals surface area contributed by atoms with Crippen molar-refractivity contribution in [2.75, 3.05) is 24.4 Å². The molecule has 172 valence electrons. The molecule has 0 bridgehead atoms. The van der Waals surface area contributed by atoms with Gasteiger partial charge in [-0.15, -0.1) is 0 Å². The van der Waals surface area contributed by atoms with Gasteiger partial charge in [0.15, 0.2) is 6.61 Å². The van der Waals surface area contributed by atoms with E-state index in [0.29, 0.717) is 22.7 Å². The van der Waals surface area contributed by atoms with Crippen molar-refractivity contribution in [3.05, 3.63) is 95.6 Å². The van der Waals surface area contributed by atoms with E-state index in [9.17, 15) is 9.59 Å². The van der Waals surface area contributed by atoms with Crippen LogP contribution in [0.3, 0.4) is 0 Å². The van der Waals surface area contributed by atoms with Crippen molar-refractivity contribution in [3.63, 3.8) is 0 Å². The molecule has 0 radical (unpaired) electrons. The largest absolute Gasteiger partial charge is 0.495 e. The van der Waals surface area contributed by atoms with Gasteiger partial charge in [-0.1, -0.05) is 54.1 Å². The van der Waals surface area contributed by atoms with Crippen LogP contribution in [0.15, 0.2) is 78.9 Å². The Morgan fingerprint density at radius 2 is 1.47 bits per heavy atom. The van der Waals surface area contributed by atoms with E-state index in [4.69, 9.17) is 9.47 Å². The van der Waals surface area contributed by atoms with Gasteiger partial charge >= 0.3 is 0 Å². The zero-order valence-electron chi connectivity index (χ0n) is 19.3. The molecule has 0 aromatic heterocycles. The predicted octanol–water partition coefficient (Wildman–Crippen LogP) is 5.74. The number of para-hydroxylation sites is 2. The Kier molecular flexibility index (Phi) is 6.78. The Balaban J connectivity index is 1.57. The van der Waals surface area contributed by atoms with Crippen molar-refractivity contribution >= 4 is 34.0 Å². The summed E-state index contributed by atoms with van der Waals surface area (Å²) >= 11 is 0. The van der Waals surface area contributed by atoms with Crippen molar-refractivity contribution in [1.82, 2.24) is 0 Å². The zero-order valence-corrected chi connectivity index (χ0v) is 19.3. The van der Waals surface area contributed by atoms with Gasteiger partial charge in [-0.05, 0) is 60.5 Å². The van der Waals surface area contributed by atoms with E-state index in [-0.39, 0.29) is 18.4 Å². The van der Waals surface area contributed by atoms with Crippen LogP contribution >= 0.6 is 0 Å².